The van der Waals surface area contributed by atoms with Crippen LogP contribution in [0.3, 0.4) is 0 Å². The van der Waals surface area contributed by atoms with Crippen molar-refractivity contribution in [2.45, 2.75) is 18.2 Å². The van der Waals surface area contributed by atoms with Gasteiger partial charge in [0.15, 0.2) is 11.5 Å². The number of amides is 1. The summed E-state index contributed by atoms with van der Waals surface area (Å²) < 4.78 is 1.71. The fourth-order valence-corrected chi connectivity index (χ4v) is 3.68. The van der Waals surface area contributed by atoms with Crippen molar-refractivity contribution >= 4 is 29.0 Å². The molecule has 28 heavy (non-hydrogen) atoms. The van der Waals surface area contributed by atoms with Gasteiger partial charge < -0.3 is 5.32 Å². The van der Waals surface area contributed by atoms with Crippen LogP contribution in [0.2, 0.25) is 0 Å². The number of fused-ring (bicyclic) bond motifs is 1. The average molecular weight is 389 g/mol. The lowest BCUT2D eigenvalue weighted by atomic mass is 10.1. The first-order valence-electron chi connectivity index (χ1n) is 8.96. The quantitative estimate of drug-likeness (QED) is 0.500. The summed E-state index contributed by atoms with van der Waals surface area (Å²) in [6.45, 7) is 1.86. The predicted molar refractivity (Wildman–Crippen MR) is 111 cm³/mol. The second-order valence-corrected chi connectivity index (χ2v) is 7.44. The molecule has 140 valence electrons. The number of nitrogens with zero attached hydrogens (tertiary/aromatic N) is 4. The van der Waals surface area contributed by atoms with Crippen LogP contribution in [0, 0.1) is 6.92 Å². The van der Waals surface area contributed by atoms with Crippen molar-refractivity contribution in [2.24, 2.45) is 0 Å². The van der Waals surface area contributed by atoms with Gasteiger partial charge in [0, 0.05) is 28.3 Å². The number of anilines is 1. The van der Waals surface area contributed by atoms with Gasteiger partial charge in [-0.3, -0.25) is 4.79 Å². The highest BCUT2D eigenvalue weighted by molar-refractivity contribution is 7.99. The number of nitrogens with one attached hydrogen (secondary N) is 1. The zero-order chi connectivity index (χ0) is 19.3. The maximum atomic E-state index is 12.3. The molecule has 2 aromatic carbocycles. The average Bonchev–Trinajstić information content (AvgIpc) is 3.09. The third-order valence-corrected chi connectivity index (χ3v) is 5.22. The summed E-state index contributed by atoms with van der Waals surface area (Å²) in [5.74, 6) is 1.47. The smallest absolute Gasteiger partial charge is 0.225 e. The van der Waals surface area contributed by atoms with E-state index in [-0.39, 0.29) is 5.91 Å². The van der Waals surface area contributed by atoms with Gasteiger partial charge in [0.2, 0.25) is 5.91 Å². The summed E-state index contributed by atoms with van der Waals surface area (Å²) >= 11 is 1.68. The molecule has 0 saturated carbocycles. The minimum atomic E-state index is -0.00125. The molecule has 0 atom stereocenters. The van der Waals surface area contributed by atoms with Crippen molar-refractivity contribution in [1.29, 1.82) is 0 Å². The first-order valence-corrected chi connectivity index (χ1v) is 9.95. The molecule has 0 radical (unpaired) electrons. The van der Waals surface area contributed by atoms with Crippen LogP contribution in [-0.4, -0.2) is 31.5 Å². The lowest BCUT2D eigenvalue weighted by molar-refractivity contribution is -0.115. The highest BCUT2D eigenvalue weighted by Crippen LogP contribution is 2.22. The van der Waals surface area contributed by atoms with Gasteiger partial charge in [0.1, 0.15) is 0 Å². The third-order valence-electron chi connectivity index (χ3n) is 4.20. The summed E-state index contributed by atoms with van der Waals surface area (Å²) in [6, 6.07) is 21.6. The van der Waals surface area contributed by atoms with Gasteiger partial charge in [0.25, 0.3) is 0 Å². The van der Waals surface area contributed by atoms with Crippen LogP contribution in [0.1, 0.15) is 12.2 Å². The van der Waals surface area contributed by atoms with Crippen LogP contribution in [-0.2, 0) is 4.79 Å². The summed E-state index contributed by atoms with van der Waals surface area (Å²) in [6.07, 6.45) is 0.452. The number of benzene rings is 2. The van der Waals surface area contributed by atoms with Gasteiger partial charge >= 0.3 is 0 Å². The molecule has 2 heterocycles. The Balaban J connectivity index is 1.41. The monoisotopic (exact) mass is 389 g/mol. The third kappa shape index (κ3) is 4.20. The van der Waals surface area contributed by atoms with E-state index in [2.05, 4.69) is 20.6 Å². The molecule has 0 fully saturated rings. The molecule has 0 saturated heterocycles. The second kappa shape index (κ2) is 8.22. The largest absolute Gasteiger partial charge is 0.326 e. The van der Waals surface area contributed by atoms with Gasteiger partial charge in [-0.2, -0.15) is 9.61 Å². The summed E-state index contributed by atoms with van der Waals surface area (Å²) in [5, 5.41) is 15.6. The molecular formula is C21H19N5OS. The number of carbonyl (C=O) groups excluding carboxylic acids is 1. The summed E-state index contributed by atoms with van der Waals surface area (Å²) in [7, 11) is 0. The summed E-state index contributed by atoms with van der Waals surface area (Å²) in [4.78, 5) is 13.4. The summed E-state index contributed by atoms with van der Waals surface area (Å²) in [5.41, 5.74) is 3.19. The maximum absolute atomic E-state index is 12.3. The van der Waals surface area contributed by atoms with Crippen molar-refractivity contribution in [1.82, 2.24) is 19.8 Å². The van der Waals surface area contributed by atoms with Crippen LogP contribution < -0.4 is 5.32 Å². The molecule has 2 aromatic heterocycles. The van der Waals surface area contributed by atoms with E-state index in [4.69, 9.17) is 0 Å². The first kappa shape index (κ1) is 18.2. The van der Waals surface area contributed by atoms with Gasteiger partial charge in [0.05, 0.1) is 5.69 Å². The number of hydrogen-bond acceptors (Lipinski definition) is 5. The molecule has 0 aliphatic rings. The molecule has 0 spiro atoms. The van der Waals surface area contributed by atoms with Crippen LogP contribution in [0.15, 0.2) is 71.6 Å². The van der Waals surface area contributed by atoms with Crippen molar-refractivity contribution in [3.05, 3.63) is 72.6 Å². The molecule has 4 rings (SSSR count). The molecule has 1 amide bonds. The van der Waals surface area contributed by atoms with E-state index in [0.29, 0.717) is 12.1 Å². The zero-order valence-electron chi connectivity index (χ0n) is 15.4. The predicted octanol–water partition coefficient (Wildman–Crippen LogP) is 4.22. The highest BCUT2D eigenvalue weighted by atomic mass is 32.2. The Morgan fingerprint density at radius 3 is 2.75 bits per heavy atom. The number of hydrogen-bond donors (Lipinski definition) is 1. The van der Waals surface area contributed by atoms with E-state index >= 15 is 0 Å². The van der Waals surface area contributed by atoms with Gasteiger partial charge in [-0.25, -0.2) is 0 Å². The standard InChI is InChI=1S/C21H19N5OS/c1-15-23-24-20-11-10-19(25-26(15)20)16-6-5-7-17(14-16)22-21(27)12-13-28-18-8-3-2-4-9-18/h2-11,14H,12-13H2,1H3,(H,22,27). The zero-order valence-corrected chi connectivity index (χ0v) is 16.2. The minimum Gasteiger partial charge on any atom is -0.326 e. The van der Waals surface area contributed by atoms with Crippen molar-refractivity contribution in [3.8, 4) is 11.3 Å². The number of thioether (sulfide) groups is 1. The van der Waals surface area contributed by atoms with Gasteiger partial charge in [-0.1, -0.05) is 30.3 Å². The van der Waals surface area contributed by atoms with Crippen molar-refractivity contribution < 1.29 is 4.79 Å². The Morgan fingerprint density at radius 1 is 1.04 bits per heavy atom. The molecule has 0 unspecified atom stereocenters. The first-order chi connectivity index (χ1) is 13.7. The Hall–Kier alpha value is -3.19. The van der Waals surface area contributed by atoms with Gasteiger partial charge in [-0.05, 0) is 43.3 Å². The van der Waals surface area contributed by atoms with E-state index in [1.165, 1.54) is 4.90 Å². The molecular weight excluding hydrogens is 370 g/mol. The van der Waals surface area contributed by atoms with E-state index < -0.39 is 0 Å². The van der Waals surface area contributed by atoms with E-state index in [1.54, 1.807) is 16.3 Å². The van der Waals surface area contributed by atoms with Crippen LogP contribution in [0.5, 0.6) is 0 Å². The van der Waals surface area contributed by atoms with Crippen molar-refractivity contribution in [2.75, 3.05) is 11.1 Å². The molecule has 7 heteroatoms. The normalized spacial score (nSPS) is 10.9. The van der Waals surface area contributed by atoms with E-state index in [9.17, 15) is 4.79 Å². The van der Waals surface area contributed by atoms with Crippen LogP contribution >= 0.6 is 11.8 Å². The Kier molecular flexibility index (Phi) is 5.34. The maximum Gasteiger partial charge on any atom is 0.225 e. The van der Waals surface area contributed by atoms with E-state index in [0.717, 1.165) is 28.5 Å². The van der Waals surface area contributed by atoms with Crippen molar-refractivity contribution in [3.63, 3.8) is 0 Å². The second-order valence-electron chi connectivity index (χ2n) is 6.28. The number of rotatable bonds is 6. The Morgan fingerprint density at radius 2 is 1.89 bits per heavy atom. The Bertz CT molecular complexity index is 1110. The van der Waals surface area contributed by atoms with Crippen LogP contribution in [0.25, 0.3) is 16.9 Å². The highest BCUT2D eigenvalue weighted by Gasteiger charge is 2.08. The van der Waals surface area contributed by atoms with Crippen LogP contribution in [0.4, 0.5) is 5.69 Å². The fraction of sp³-hybridized carbons (Fsp3) is 0.143. The van der Waals surface area contributed by atoms with Gasteiger partial charge in [-0.15, -0.1) is 22.0 Å². The van der Waals surface area contributed by atoms with E-state index in [1.807, 2.05) is 73.7 Å². The molecule has 6 nitrogen and oxygen atoms in total. The molecule has 4 aromatic rings. The lowest BCUT2D eigenvalue weighted by Crippen LogP contribution is -2.12. The SMILES string of the molecule is Cc1nnc2ccc(-c3cccc(NC(=O)CCSc4ccccc4)c3)nn12. The molecule has 1 N–H and O–H groups in total. The number of aryl methyl sites for hydroxylation is 1. The topological polar surface area (TPSA) is 72.2 Å². The minimum absolute atomic E-state index is 0.00125. The fourth-order valence-electron chi connectivity index (χ4n) is 2.81. The number of aromatic nitrogens is 4. The molecule has 0 aliphatic heterocycles. The lowest BCUT2D eigenvalue weighted by Gasteiger charge is -2.08. The molecule has 0 aliphatic carbocycles. The number of carbonyl (C=O) groups is 1. The Labute approximate surface area is 167 Å². The molecule has 0 bridgehead atoms.